The smallest absolute Gasteiger partial charge is 0.124 e. The maximum atomic E-state index is 3.74. The predicted molar refractivity (Wildman–Crippen MR) is 181 cm³/mol. The molecule has 0 aliphatic carbocycles. The van der Waals surface area contributed by atoms with Crippen molar-refractivity contribution in [3.63, 3.8) is 0 Å². The molecule has 2 nitrogen and oxygen atoms in total. The summed E-state index contributed by atoms with van der Waals surface area (Å²) in [5, 5.41) is 11.4. The molecule has 1 N–H and O–H groups in total. The number of hydrogen-bond acceptors (Lipinski definition) is 3. The summed E-state index contributed by atoms with van der Waals surface area (Å²) < 4.78 is 1.32. The fourth-order valence-electron chi connectivity index (χ4n) is 6.73. The number of fused-ring (bicyclic) bond motifs is 7. The molecule has 0 radical (unpaired) electrons. The van der Waals surface area contributed by atoms with Crippen molar-refractivity contribution in [3.8, 4) is 22.3 Å². The highest BCUT2D eigenvalue weighted by atomic mass is 32.1. The van der Waals surface area contributed by atoms with E-state index in [1.807, 2.05) is 11.3 Å². The Morgan fingerprint density at radius 1 is 0.548 bits per heavy atom. The van der Waals surface area contributed by atoms with E-state index in [0.29, 0.717) is 0 Å². The first kappa shape index (κ1) is 23.6. The van der Waals surface area contributed by atoms with E-state index < -0.39 is 0 Å². The minimum Gasteiger partial charge on any atom is -0.359 e. The molecule has 2 aliphatic rings. The van der Waals surface area contributed by atoms with Crippen LogP contribution >= 0.6 is 11.3 Å². The van der Waals surface area contributed by atoms with Gasteiger partial charge in [0.05, 0.1) is 5.69 Å². The molecule has 1 atom stereocenters. The van der Waals surface area contributed by atoms with E-state index in [1.54, 1.807) is 0 Å². The zero-order valence-corrected chi connectivity index (χ0v) is 23.6. The third-order valence-electron chi connectivity index (χ3n) is 8.62. The van der Waals surface area contributed by atoms with Crippen LogP contribution in [-0.2, 0) is 0 Å². The lowest BCUT2D eigenvalue weighted by Crippen LogP contribution is -2.31. The molecule has 3 heteroatoms. The number of benzene rings is 6. The summed E-state index contributed by atoms with van der Waals surface area (Å²) in [6.45, 7) is 0. The first-order valence-corrected chi connectivity index (χ1v) is 15.2. The van der Waals surface area contributed by atoms with E-state index in [1.165, 1.54) is 75.7 Å². The van der Waals surface area contributed by atoms with Crippen molar-refractivity contribution in [1.82, 2.24) is 0 Å². The van der Waals surface area contributed by atoms with Crippen LogP contribution in [0.2, 0.25) is 0 Å². The number of nitrogens with one attached hydrogen (secondary N) is 1. The third kappa shape index (κ3) is 3.50. The molecule has 0 saturated carbocycles. The Bertz CT molecular complexity index is 2220. The zero-order chi connectivity index (χ0) is 27.6. The standard InChI is InChI=1S/C39H26N2S/c1-3-11-25(12-4-1)36-29-15-7-8-16-30(29)37(26-13-5-2-6-14-26)33-23-27(19-21-31(33)36)28-20-22-35-40-38-32-17-9-10-18-34(32)42-39(38)41(35)24-28/h1-24,35,40H. The molecular weight excluding hydrogens is 529 g/mol. The van der Waals surface area contributed by atoms with Gasteiger partial charge in [0.1, 0.15) is 11.2 Å². The van der Waals surface area contributed by atoms with Crippen LogP contribution in [0.15, 0.2) is 146 Å². The van der Waals surface area contributed by atoms with Gasteiger partial charge in [-0.1, -0.05) is 121 Å². The molecule has 9 rings (SSSR count). The van der Waals surface area contributed by atoms with E-state index in [0.717, 1.165) is 0 Å². The molecule has 2 aliphatic heterocycles. The lowest BCUT2D eigenvalue weighted by molar-refractivity contribution is 0.916. The summed E-state index contributed by atoms with van der Waals surface area (Å²) in [6.07, 6.45) is 7.03. The summed E-state index contributed by atoms with van der Waals surface area (Å²) in [4.78, 5) is 2.40. The Kier molecular flexibility index (Phi) is 5.16. The molecule has 3 heterocycles. The predicted octanol–water partition coefficient (Wildman–Crippen LogP) is 10.7. The Hall–Kier alpha value is -5.12. The summed E-state index contributed by atoms with van der Waals surface area (Å²) in [5.74, 6) is 0. The van der Waals surface area contributed by atoms with Crippen molar-refractivity contribution >= 4 is 59.2 Å². The number of allylic oxidation sites excluding steroid dienone is 2. The van der Waals surface area contributed by atoms with Crippen LogP contribution in [-0.4, -0.2) is 6.17 Å². The fraction of sp³-hybridized carbons (Fsp3) is 0.0256. The third-order valence-corrected chi connectivity index (χ3v) is 9.81. The fourth-order valence-corrected chi connectivity index (χ4v) is 7.90. The van der Waals surface area contributed by atoms with Gasteiger partial charge in [0.25, 0.3) is 0 Å². The Morgan fingerprint density at radius 3 is 1.86 bits per heavy atom. The molecular formula is C39H26N2S. The molecule has 198 valence electrons. The molecule has 0 saturated heterocycles. The normalized spacial score (nSPS) is 15.6. The topological polar surface area (TPSA) is 15.3 Å². The second-order valence-corrected chi connectivity index (χ2v) is 12.0. The minimum absolute atomic E-state index is 0.147. The quantitative estimate of drug-likeness (QED) is 0.219. The van der Waals surface area contributed by atoms with E-state index in [-0.39, 0.29) is 6.17 Å². The van der Waals surface area contributed by atoms with Crippen LogP contribution in [0.25, 0.3) is 59.5 Å². The van der Waals surface area contributed by atoms with Crippen LogP contribution in [0.4, 0.5) is 10.7 Å². The highest BCUT2D eigenvalue weighted by Crippen LogP contribution is 2.50. The molecule has 0 spiro atoms. The molecule has 7 aromatic rings. The zero-order valence-electron chi connectivity index (χ0n) is 22.8. The SMILES string of the molecule is C1=CC2Nc3c(sc4ccccc34)N2C=C1c1ccc2c(-c3ccccc3)c3ccccc3c(-c3ccccc3)c2c1. The number of hydrogen-bond donors (Lipinski definition) is 1. The largest absolute Gasteiger partial charge is 0.359 e. The summed E-state index contributed by atoms with van der Waals surface area (Å²) in [7, 11) is 0. The van der Waals surface area contributed by atoms with E-state index >= 15 is 0 Å². The van der Waals surface area contributed by atoms with Crippen LogP contribution in [0.5, 0.6) is 0 Å². The van der Waals surface area contributed by atoms with Crippen molar-refractivity contribution < 1.29 is 0 Å². The monoisotopic (exact) mass is 554 g/mol. The molecule has 42 heavy (non-hydrogen) atoms. The number of thiophene rings is 1. The van der Waals surface area contributed by atoms with Crippen LogP contribution in [0.3, 0.4) is 0 Å². The van der Waals surface area contributed by atoms with E-state index in [4.69, 9.17) is 0 Å². The Labute approximate surface area is 248 Å². The first-order chi connectivity index (χ1) is 20.8. The van der Waals surface area contributed by atoms with Crippen LogP contribution in [0.1, 0.15) is 5.56 Å². The van der Waals surface area contributed by atoms with Crippen LogP contribution in [0, 0.1) is 0 Å². The lowest BCUT2D eigenvalue weighted by Gasteiger charge is -2.25. The summed E-state index contributed by atoms with van der Waals surface area (Å²) in [6, 6.07) is 46.2. The van der Waals surface area contributed by atoms with Crippen molar-refractivity contribution in [2.24, 2.45) is 0 Å². The highest BCUT2D eigenvalue weighted by molar-refractivity contribution is 7.23. The lowest BCUT2D eigenvalue weighted by atomic mass is 9.85. The van der Waals surface area contributed by atoms with Gasteiger partial charge < -0.3 is 10.2 Å². The maximum absolute atomic E-state index is 3.74. The second kappa shape index (κ2) is 9.20. The van der Waals surface area contributed by atoms with Crippen molar-refractivity contribution in [2.45, 2.75) is 6.17 Å². The van der Waals surface area contributed by atoms with E-state index in [9.17, 15) is 0 Å². The van der Waals surface area contributed by atoms with Crippen molar-refractivity contribution in [1.29, 1.82) is 0 Å². The van der Waals surface area contributed by atoms with Gasteiger partial charge in [0, 0.05) is 16.3 Å². The molecule has 6 aromatic carbocycles. The summed E-state index contributed by atoms with van der Waals surface area (Å²) >= 11 is 1.86. The van der Waals surface area contributed by atoms with Gasteiger partial charge in [0.15, 0.2) is 0 Å². The molecule has 1 aromatic heterocycles. The first-order valence-electron chi connectivity index (χ1n) is 14.4. The van der Waals surface area contributed by atoms with Gasteiger partial charge in [-0.15, -0.1) is 11.3 Å². The van der Waals surface area contributed by atoms with Crippen molar-refractivity contribution in [2.75, 3.05) is 10.2 Å². The van der Waals surface area contributed by atoms with Gasteiger partial charge in [-0.3, -0.25) is 0 Å². The molecule has 0 fully saturated rings. The van der Waals surface area contributed by atoms with Crippen LogP contribution < -0.4 is 10.2 Å². The molecule has 0 amide bonds. The second-order valence-electron chi connectivity index (χ2n) is 11.0. The number of anilines is 2. The van der Waals surface area contributed by atoms with Gasteiger partial charge in [-0.25, -0.2) is 0 Å². The average Bonchev–Trinajstić information content (AvgIpc) is 3.60. The molecule has 1 unspecified atom stereocenters. The van der Waals surface area contributed by atoms with Gasteiger partial charge >= 0.3 is 0 Å². The average molecular weight is 555 g/mol. The maximum Gasteiger partial charge on any atom is 0.124 e. The summed E-state index contributed by atoms with van der Waals surface area (Å²) in [5.41, 5.74) is 8.74. The van der Waals surface area contributed by atoms with Crippen molar-refractivity contribution in [3.05, 3.63) is 151 Å². The number of rotatable bonds is 3. The Balaban J connectivity index is 1.28. The molecule has 0 bridgehead atoms. The van der Waals surface area contributed by atoms with Gasteiger partial charge in [-0.05, 0) is 73.1 Å². The van der Waals surface area contributed by atoms with Gasteiger partial charge in [0.2, 0.25) is 0 Å². The Morgan fingerprint density at radius 2 is 1.14 bits per heavy atom. The van der Waals surface area contributed by atoms with E-state index in [2.05, 4.69) is 156 Å². The number of nitrogens with zero attached hydrogens (tertiary/aromatic N) is 1. The van der Waals surface area contributed by atoms with Gasteiger partial charge in [-0.2, -0.15) is 0 Å². The minimum atomic E-state index is 0.147. The highest BCUT2D eigenvalue weighted by Gasteiger charge is 2.31.